The van der Waals surface area contributed by atoms with E-state index < -0.39 is 0 Å². The van der Waals surface area contributed by atoms with E-state index in [2.05, 4.69) is 20.1 Å². The molecule has 2 fully saturated rings. The molecular formula is C10H16N4O. The third kappa shape index (κ3) is 1.55. The Hall–Kier alpha value is -0.940. The molecule has 2 heterocycles. The van der Waals surface area contributed by atoms with E-state index in [0.717, 1.165) is 18.1 Å². The molecule has 82 valence electrons. The molecule has 1 saturated carbocycles. The molecule has 1 aliphatic carbocycles. The fraction of sp³-hybridized carbons (Fsp3) is 0.800. The largest absolute Gasteiger partial charge is 0.392 e. The summed E-state index contributed by atoms with van der Waals surface area (Å²) in [5, 5.41) is 21.2. The average molecular weight is 208 g/mol. The second kappa shape index (κ2) is 3.28. The van der Waals surface area contributed by atoms with Crippen molar-refractivity contribution in [3.8, 4) is 0 Å². The van der Waals surface area contributed by atoms with Crippen LogP contribution in [0.4, 0.5) is 0 Å². The Balaban J connectivity index is 1.90. The summed E-state index contributed by atoms with van der Waals surface area (Å²) in [6.45, 7) is 2.67. The van der Waals surface area contributed by atoms with E-state index in [-0.39, 0.29) is 12.1 Å². The van der Waals surface area contributed by atoms with Crippen molar-refractivity contribution in [3.05, 3.63) is 11.6 Å². The summed E-state index contributed by atoms with van der Waals surface area (Å²) in [5.41, 5.74) is 0. The molecule has 5 nitrogen and oxygen atoms in total. The van der Waals surface area contributed by atoms with E-state index in [9.17, 15) is 5.11 Å². The first-order chi connectivity index (χ1) is 7.25. The van der Waals surface area contributed by atoms with Crippen molar-refractivity contribution in [1.82, 2.24) is 20.1 Å². The summed E-state index contributed by atoms with van der Waals surface area (Å²) in [4.78, 5) is 0. The zero-order valence-electron chi connectivity index (χ0n) is 8.85. The fourth-order valence-corrected chi connectivity index (χ4v) is 2.32. The van der Waals surface area contributed by atoms with Crippen LogP contribution in [0.1, 0.15) is 43.0 Å². The van der Waals surface area contributed by atoms with E-state index >= 15 is 0 Å². The Labute approximate surface area is 88.5 Å². The Morgan fingerprint density at radius 3 is 2.80 bits per heavy atom. The Bertz CT molecular complexity index is 371. The highest BCUT2D eigenvalue weighted by atomic mass is 16.3. The quantitative estimate of drug-likeness (QED) is 0.734. The van der Waals surface area contributed by atoms with Crippen LogP contribution in [0.3, 0.4) is 0 Å². The second-order valence-corrected chi connectivity index (χ2v) is 4.56. The lowest BCUT2D eigenvalue weighted by molar-refractivity contribution is 0.192. The molecule has 15 heavy (non-hydrogen) atoms. The van der Waals surface area contributed by atoms with Crippen LogP contribution >= 0.6 is 0 Å². The number of aromatic nitrogens is 3. The monoisotopic (exact) mass is 208 g/mol. The van der Waals surface area contributed by atoms with E-state index in [4.69, 9.17) is 0 Å². The summed E-state index contributed by atoms with van der Waals surface area (Å²) in [5.74, 6) is 2.00. The first-order valence-electron chi connectivity index (χ1n) is 5.58. The summed E-state index contributed by atoms with van der Waals surface area (Å²) < 4.78 is 2.23. The van der Waals surface area contributed by atoms with Crippen molar-refractivity contribution < 1.29 is 5.11 Å². The molecular weight excluding hydrogens is 192 g/mol. The van der Waals surface area contributed by atoms with Gasteiger partial charge in [0.2, 0.25) is 0 Å². The van der Waals surface area contributed by atoms with Crippen LogP contribution in [0.15, 0.2) is 0 Å². The van der Waals surface area contributed by atoms with Crippen molar-refractivity contribution in [1.29, 1.82) is 0 Å². The lowest BCUT2D eigenvalue weighted by Gasteiger charge is -2.12. The van der Waals surface area contributed by atoms with Crippen LogP contribution < -0.4 is 5.32 Å². The standard InChI is InChI=1S/C10H16N4O/c1-6-12-13-10(14(6)7-2-3-7)9-4-8(15)5-11-9/h7-9,11,15H,2-5H2,1H3/t8-,9+/m1/s1. The molecule has 1 aliphatic heterocycles. The van der Waals surface area contributed by atoms with Crippen molar-refractivity contribution in [2.75, 3.05) is 6.54 Å². The third-order valence-corrected chi connectivity index (χ3v) is 3.22. The number of hydrogen-bond acceptors (Lipinski definition) is 4. The van der Waals surface area contributed by atoms with Crippen molar-refractivity contribution in [2.45, 2.75) is 44.4 Å². The van der Waals surface area contributed by atoms with Crippen molar-refractivity contribution in [3.63, 3.8) is 0 Å². The summed E-state index contributed by atoms with van der Waals surface area (Å²) >= 11 is 0. The topological polar surface area (TPSA) is 63.0 Å². The molecule has 0 amide bonds. The van der Waals surface area contributed by atoms with Crippen molar-refractivity contribution >= 4 is 0 Å². The molecule has 2 aliphatic rings. The number of hydrogen-bond donors (Lipinski definition) is 2. The molecule has 0 aromatic carbocycles. The van der Waals surface area contributed by atoms with Gasteiger partial charge in [-0.15, -0.1) is 10.2 Å². The van der Waals surface area contributed by atoms with Gasteiger partial charge >= 0.3 is 0 Å². The lowest BCUT2D eigenvalue weighted by Crippen LogP contribution is -2.18. The highest BCUT2D eigenvalue weighted by Crippen LogP contribution is 2.38. The summed E-state index contributed by atoms with van der Waals surface area (Å²) in [7, 11) is 0. The Morgan fingerprint density at radius 2 is 2.20 bits per heavy atom. The molecule has 1 saturated heterocycles. The van der Waals surface area contributed by atoms with Crippen LogP contribution in [-0.4, -0.2) is 32.5 Å². The van der Waals surface area contributed by atoms with Gasteiger partial charge in [-0.05, 0) is 26.2 Å². The first kappa shape index (κ1) is 9.30. The zero-order valence-corrected chi connectivity index (χ0v) is 8.85. The number of aliphatic hydroxyl groups is 1. The van der Waals surface area contributed by atoms with E-state index in [1.807, 2.05) is 6.92 Å². The average Bonchev–Trinajstić information content (AvgIpc) is 2.84. The van der Waals surface area contributed by atoms with Gasteiger partial charge in [0.05, 0.1) is 12.1 Å². The minimum Gasteiger partial charge on any atom is -0.392 e. The SMILES string of the molecule is Cc1nnc([C@@H]2C[C@@H](O)CN2)n1C1CC1. The normalized spacial score (nSPS) is 31.1. The number of rotatable bonds is 2. The van der Waals surface area contributed by atoms with E-state index in [0.29, 0.717) is 12.6 Å². The van der Waals surface area contributed by atoms with Gasteiger partial charge in [0.15, 0.2) is 5.82 Å². The molecule has 1 aromatic rings. The molecule has 0 spiro atoms. The predicted octanol–water partition coefficient (Wildman–Crippen LogP) is 0.317. The van der Waals surface area contributed by atoms with Crippen molar-refractivity contribution in [2.24, 2.45) is 0 Å². The summed E-state index contributed by atoms with van der Waals surface area (Å²) in [6, 6.07) is 0.788. The number of nitrogens with one attached hydrogen (secondary N) is 1. The molecule has 0 bridgehead atoms. The molecule has 2 N–H and O–H groups in total. The van der Waals surface area contributed by atoms with Gasteiger partial charge in [0.25, 0.3) is 0 Å². The number of aryl methyl sites for hydroxylation is 1. The minimum atomic E-state index is -0.236. The maximum Gasteiger partial charge on any atom is 0.150 e. The highest BCUT2D eigenvalue weighted by Gasteiger charge is 2.33. The number of nitrogens with zero attached hydrogens (tertiary/aromatic N) is 3. The fourth-order valence-electron chi connectivity index (χ4n) is 2.32. The van der Waals surface area contributed by atoms with Gasteiger partial charge in [0, 0.05) is 12.6 Å². The minimum absolute atomic E-state index is 0.182. The molecule has 0 radical (unpaired) electrons. The van der Waals surface area contributed by atoms with Crippen LogP contribution in [0.2, 0.25) is 0 Å². The number of β-amino-alcohol motifs (C(OH)–C–C–N with tert-alkyl or cyclic N) is 1. The van der Waals surface area contributed by atoms with E-state index in [1.54, 1.807) is 0 Å². The Morgan fingerprint density at radius 1 is 1.40 bits per heavy atom. The van der Waals surface area contributed by atoms with Crippen LogP contribution in [0, 0.1) is 6.92 Å². The van der Waals surface area contributed by atoms with Crippen LogP contribution in [-0.2, 0) is 0 Å². The van der Waals surface area contributed by atoms with Gasteiger partial charge in [-0.1, -0.05) is 0 Å². The maximum atomic E-state index is 9.49. The Kier molecular flexibility index (Phi) is 2.03. The number of aliphatic hydroxyl groups excluding tert-OH is 1. The molecule has 5 heteroatoms. The summed E-state index contributed by atoms with van der Waals surface area (Å²) in [6.07, 6.45) is 2.99. The van der Waals surface area contributed by atoms with Crippen LogP contribution in [0.25, 0.3) is 0 Å². The lowest BCUT2D eigenvalue weighted by atomic mass is 10.2. The first-order valence-corrected chi connectivity index (χ1v) is 5.58. The smallest absolute Gasteiger partial charge is 0.150 e. The van der Waals surface area contributed by atoms with Gasteiger partial charge in [-0.3, -0.25) is 0 Å². The van der Waals surface area contributed by atoms with Gasteiger partial charge in [0.1, 0.15) is 5.82 Å². The molecule has 2 atom stereocenters. The zero-order chi connectivity index (χ0) is 10.4. The second-order valence-electron chi connectivity index (χ2n) is 4.56. The molecule has 1 aromatic heterocycles. The van der Waals surface area contributed by atoms with E-state index in [1.165, 1.54) is 12.8 Å². The highest BCUT2D eigenvalue weighted by molar-refractivity contribution is 5.07. The molecule has 0 unspecified atom stereocenters. The van der Waals surface area contributed by atoms with Gasteiger partial charge in [-0.2, -0.15) is 0 Å². The molecule has 3 rings (SSSR count). The van der Waals surface area contributed by atoms with Gasteiger partial charge in [-0.25, -0.2) is 0 Å². The third-order valence-electron chi connectivity index (χ3n) is 3.22. The van der Waals surface area contributed by atoms with Crippen LogP contribution in [0.5, 0.6) is 0 Å². The van der Waals surface area contributed by atoms with Gasteiger partial charge < -0.3 is 15.0 Å². The predicted molar refractivity (Wildman–Crippen MR) is 54.4 cm³/mol. The maximum absolute atomic E-state index is 9.49.